The number of hydrogen-bond donors (Lipinski definition) is 0. The van der Waals surface area contributed by atoms with Gasteiger partial charge in [0.15, 0.2) is 6.10 Å². The molecule has 3 rings (SSSR count). The fraction of sp³-hybridized carbons (Fsp3) is 0.200. The maximum absolute atomic E-state index is 13.7. The molecule has 5 nitrogen and oxygen atoms in total. The average Bonchev–Trinajstić information content (AvgIpc) is 2.67. The number of alkyl halides is 3. The van der Waals surface area contributed by atoms with Gasteiger partial charge in [0.1, 0.15) is 11.3 Å². The molecule has 2 aromatic carbocycles. The van der Waals surface area contributed by atoms with Gasteiger partial charge in [-0.15, -0.1) is 0 Å². The van der Waals surface area contributed by atoms with E-state index in [0.717, 1.165) is 6.07 Å². The normalized spacial score (nSPS) is 12.6. The van der Waals surface area contributed by atoms with E-state index in [1.54, 1.807) is 0 Å². The lowest BCUT2D eigenvalue weighted by Crippen LogP contribution is -2.24. The molecule has 0 spiro atoms. The Balaban J connectivity index is 2.23. The molecule has 0 N–H and O–H groups in total. The second kappa shape index (κ2) is 7.79. The van der Waals surface area contributed by atoms with Crippen LogP contribution >= 0.6 is 11.6 Å². The zero-order valence-corrected chi connectivity index (χ0v) is 15.9. The highest BCUT2D eigenvalue weighted by Crippen LogP contribution is 2.39. The molecule has 0 saturated carbocycles. The molecule has 0 amide bonds. The molecule has 1 heterocycles. The first-order valence-electron chi connectivity index (χ1n) is 8.31. The largest absolute Gasteiger partial charge is 0.479 e. The van der Waals surface area contributed by atoms with Gasteiger partial charge in [0.05, 0.1) is 18.1 Å². The van der Waals surface area contributed by atoms with Gasteiger partial charge in [-0.3, -0.25) is 4.79 Å². The minimum atomic E-state index is -4.95. The van der Waals surface area contributed by atoms with Crippen molar-refractivity contribution in [3.63, 3.8) is 0 Å². The summed E-state index contributed by atoms with van der Waals surface area (Å²) in [4.78, 5) is 24.4. The van der Waals surface area contributed by atoms with Crippen LogP contribution in [0.25, 0.3) is 22.1 Å². The first-order valence-corrected chi connectivity index (χ1v) is 8.68. The topological polar surface area (TPSA) is 65.7 Å². The Kier molecular flexibility index (Phi) is 5.57. The number of ether oxygens (including phenoxy) is 2. The third-order valence-corrected chi connectivity index (χ3v) is 4.44. The average molecular weight is 427 g/mol. The second-order valence-corrected chi connectivity index (χ2v) is 6.46. The van der Waals surface area contributed by atoms with Gasteiger partial charge in [-0.25, -0.2) is 4.79 Å². The Hall–Kier alpha value is -3.00. The fourth-order valence-corrected chi connectivity index (χ4v) is 3.00. The van der Waals surface area contributed by atoms with E-state index in [0.29, 0.717) is 0 Å². The van der Waals surface area contributed by atoms with Gasteiger partial charge in [0, 0.05) is 16.7 Å². The molecule has 152 valence electrons. The maximum Gasteiger partial charge on any atom is 0.450 e. The maximum atomic E-state index is 13.7. The number of hydrogen-bond acceptors (Lipinski definition) is 5. The van der Waals surface area contributed by atoms with Crippen LogP contribution in [0.2, 0.25) is 5.02 Å². The lowest BCUT2D eigenvalue weighted by Gasteiger charge is -2.15. The molecule has 0 aliphatic rings. The molecular weight excluding hydrogens is 413 g/mol. The molecule has 0 radical (unpaired) electrons. The van der Waals surface area contributed by atoms with E-state index in [9.17, 15) is 22.8 Å². The van der Waals surface area contributed by atoms with E-state index < -0.39 is 35.0 Å². The molecule has 0 fully saturated rings. The van der Waals surface area contributed by atoms with Gasteiger partial charge in [0.2, 0.25) is 11.2 Å². The van der Waals surface area contributed by atoms with E-state index >= 15 is 0 Å². The monoisotopic (exact) mass is 426 g/mol. The standard InChI is InChI=1S/C20H14ClF3O5/c1-10(19(26)27-2)28-11-7-8-13-15(9-11)29-18(20(22,23)24)16(17(13)25)12-5-3-4-6-14(12)21/h3-10H,1-2H3/t10-/m0/s1. The molecule has 3 aromatic rings. The molecule has 29 heavy (non-hydrogen) atoms. The van der Waals surface area contributed by atoms with Gasteiger partial charge in [-0.2, -0.15) is 13.2 Å². The van der Waals surface area contributed by atoms with Crippen molar-refractivity contribution in [2.45, 2.75) is 19.2 Å². The molecule has 1 atom stereocenters. The van der Waals surface area contributed by atoms with Gasteiger partial charge < -0.3 is 13.9 Å². The van der Waals surface area contributed by atoms with Crippen LogP contribution < -0.4 is 10.2 Å². The van der Waals surface area contributed by atoms with Crippen molar-refractivity contribution in [1.29, 1.82) is 0 Å². The number of carbonyl (C=O) groups excluding carboxylic acids is 1. The summed E-state index contributed by atoms with van der Waals surface area (Å²) < 4.78 is 55.9. The Bertz CT molecular complexity index is 1140. The van der Waals surface area contributed by atoms with Crippen molar-refractivity contribution >= 4 is 28.5 Å². The van der Waals surface area contributed by atoms with Crippen molar-refractivity contribution in [2.75, 3.05) is 7.11 Å². The molecule has 0 aliphatic heterocycles. The minimum Gasteiger partial charge on any atom is -0.479 e. The number of rotatable bonds is 4. The zero-order valence-electron chi connectivity index (χ0n) is 15.2. The van der Waals surface area contributed by atoms with E-state index in [-0.39, 0.29) is 27.3 Å². The number of methoxy groups -OCH3 is 1. The summed E-state index contributed by atoms with van der Waals surface area (Å²) in [6, 6.07) is 9.42. The zero-order chi connectivity index (χ0) is 21.3. The first-order chi connectivity index (χ1) is 13.6. The minimum absolute atomic E-state index is 0.0171. The number of carbonyl (C=O) groups is 1. The Labute approximate surface area is 167 Å². The van der Waals surface area contributed by atoms with Crippen LogP contribution in [0.1, 0.15) is 12.7 Å². The summed E-state index contributed by atoms with van der Waals surface area (Å²) in [7, 11) is 1.17. The van der Waals surface area contributed by atoms with Crippen LogP contribution in [0.5, 0.6) is 5.75 Å². The first kappa shape index (κ1) is 20.7. The highest BCUT2D eigenvalue weighted by Gasteiger charge is 2.39. The molecular formula is C20H14ClF3O5. The molecule has 0 unspecified atom stereocenters. The number of fused-ring (bicyclic) bond motifs is 1. The van der Waals surface area contributed by atoms with Crippen LogP contribution in [-0.2, 0) is 15.7 Å². The number of halogens is 4. The molecule has 0 bridgehead atoms. The lowest BCUT2D eigenvalue weighted by molar-refractivity contribution is -0.152. The predicted octanol–water partition coefficient (Wildman–Crippen LogP) is 5.07. The smallest absolute Gasteiger partial charge is 0.450 e. The van der Waals surface area contributed by atoms with Gasteiger partial charge in [0.25, 0.3) is 0 Å². The van der Waals surface area contributed by atoms with Crippen LogP contribution in [0.15, 0.2) is 51.7 Å². The molecule has 1 aromatic heterocycles. The predicted molar refractivity (Wildman–Crippen MR) is 100 cm³/mol. The second-order valence-electron chi connectivity index (χ2n) is 6.05. The Morgan fingerprint density at radius 3 is 2.48 bits per heavy atom. The van der Waals surface area contributed by atoms with E-state index in [4.69, 9.17) is 20.8 Å². The third kappa shape index (κ3) is 4.07. The van der Waals surface area contributed by atoms with Crippen molar-refractivity contribution < 1.29 is 31.9 Å². The Morgan fingerprint density at radius 2 is 1.86 bits per heavy atom. The summed E-state index contributed by atoms with van der Waals surface area (Å²) in [5.41, 5.74) is -1.99. The van der Waals surface area contributed by atoms with Crippen molar-refractivity contribution in [2.24, 2.45) is 0 Å². The van der Waals surface area contributed by atoms with Gasteiger partial charge >= 0.3 is 12.1 Å². The Morgan fingerprint density at radius 1 is 1.17 bits per heavy atom. The van der Waals surface area contributed by atoms with Crippen LogP contribution in [0.4, 0.5) is 13.2 Å². The molecule has 0 aliphatic carbocycles. The number of benzene rings is 2. The highest BCUT2D eigenvalue weighted by molar-refractivity contribution is 6.33. The summed E-state index contributed by atoms with van der Waals surface area (Å²) in [5.74, 6) is -2.10. The third-order valence-electron chi connectivity index (χ3n) is 4.11. The molecule has 0 saturated heterocycles. The SMILES string of the molecule is COC(=O)[C@H](C)Oc1ccc2c(=O)c(-c3ccccc3Cl)c(C(F)(F)F)oc2c1. The summed E-state index contributed by atoms with van der Waals surface area (Å²) in [6.07, 6.45) is -5.95. The van der Waals surface area contributed by atoms with E-state index in [2.05, 4.69) is 4.74 Å². The van der Waals surface area contributed by atoms with Gasteiger partial charge in [-0.05, 0) is 25.1 Å². The van der Waals surface area contributed by atoms with Crippen molar-refractivity contribution in [1.82, 2.24) is 0 Å². The highest BCUT2D eigenvalue weighted by atomic mass is 35.5. The quantitative estimate of drug-likeness (QED) is 0.545. The van der Waals surface area contributed by atoms with Crippen molar-refractivity contribution in [3.8, 4) is 16.9 Å². The lowest BCUT2D eigenvalue weighted by atomic mass is 10.0. The van der Waals surface area contributed by atoms with E-state index in [1.165, 1.54) is 50.4 Å². The summed E-state index contributed by atoms with van der Waals surface area (Å²) >= 11 is 6.02. The van der Waals surface area contributed by atoms with Crippen LogP contribution in [0, 0.1) is 0 Å². The van der Waals surface area contributed by atoms with Gasteiger partial charge in [-0.1, -0.05) is 29.8 Å². The van der Waals surface area contributed by atoms with Crippen LogP contribution in [0.3, 0.4) is 0 Å². The summed E-state index contributed by atoms with van der Waals surface area (Å²) in [6.45, 7) is 1.41. The summed E-state index contributed by atoms with van der Waals surface area (Å²) in [5, 5.41) is -0.109. The van der Waals surface area contributed by atoms with Crippen LogP contribution in [-0.4, -0.2) is 19.2 Å². The number of esters is 1. The van der Waals surface area contributed by atoms with Crippen molar-refractivity contribution in [3.05, 3.63) is 63.5 Å². The van der Waals surface area contributed by atoms with E-state index in [1.807, 2.05) is 0 Å². The fourth-order valence-electron chi connectivity index (χ4n) is 2.77. The molecule has 9 heteroatoms.